The lowest BCUT2D eigenvalue weighted by molar-refractivity contribution is -0.0498. The van der Waals surface area contributed by atoms with Gasteiger partial charge in [-0.05, 0) is 63.8 Å². The fourth-order valence-electron chi connectivity index (χ4n) is 4.14. The number of rotatable bonds is 8. The van der Waals surface area contributed by atoms with Crippen molar-refractivity contribution in [2.75, 3.05) is 5.32 Å². The van der Waals surface area contributed by atoms with Gasteiger partial charge in [0.05, 0.1) is 22.6 Å². The maximum absolute atomic E-state index is 12.5. The summed E-state index contributed by atoms with van der Waals surface area (Å²) in [5.74, 6) is 2.55. The molecule has 1 N–H and O–H groups in total. The van der Waals surface area contributed by atoms with E-state index in [9.17, 15) is 14.0 Å². The topological polar surface area (TPSA) is 106 Å². The van der Waals surface area contributed by atoms with Crippen LogP contribution in [0.3, 0.4) is 0 Å². The maximum Gasteiger partial charge on any atom is 0.387 e. The minimum atomic E-state index is -2.87. The van der Waals surface area contributed by atoms with Crippen molar-refractivity contribution in [3.63, 3.8) is 0 Å². The monoisotopic (exact) mass is 490 g/mol. The van der Waals surface area contributed by atoms with Crippen LogP contribution in [0, 0.1) is 38.0 Å². The number of hydrogen-bond donors (Lipinski definition) is 1. The van der Waals surface area contributed by atoms with E-state index >= 15 is 0 Å². The highest BCUT2D eigenvalue weighted by Gasteiger charge is 2.26. The molecule has 0 atom stereocenters. The summed E-state index contributed by atoms with van der Waals surface area (Å²) < 4.78 is 33.1. The number of alkyl halides is 2. The molecule has 9 nitrogen and oxygen atoms in total. The third-order valence-electron chi connectivity index (χ3n) is 6.19. The Labute approximate surface area is 206 Å². The molecule has 1 fully saturated rings. The van der Waals surface area contributed by atoms with Crippen LogP contribution in [-0.4, -0.2) is 36.1 Å². The Kier molecular flexibility index (Phi) is 6.10. The number of halogens is 2. The summed E-state index contributed by atoms with van der Waals surface area (Å²) in [7, 11) is 0. The van der Waals surface area contributed by atoms with Crippen molar-refractivity contribution in [2.24, 2.45) is 5.92 Å². The van der Waals surface area contributed by atoms with Crippen molar-refractivity contribution in [3.8, 4) is 28.9 Å². The molecular formula is C25H24F2N8O. The van der Waals surface area contributed by atoms with Crippen molar-refractivity contribution in [1.29, 1.82) is 5.26 Å². The van der Waals surface area contributed by atoms with Gasteiger partial charge in [-0.3, -0.25) is 0 Å². The fourth-order valence-corrected chi connectivity index (χ4v) is 4.14. The van der Waals surface area contributed by atoms with Gasteiger partial charge in [0.15, 0.2) is 5.82 Å². The smallest absolute Gasteiger partial charge is 0.387 e. The molecule has 184 valence electrons. The van der Waals surface area contributed by atoms with E-state index in [1.807, 2.05) is 18.5 Å². The van der Waals surface area contributed by atoms with Crippen LogP contribution < -0.4 is 10.1 Å². The van der Waals surface area contributed by atoms with E-state index in [1.165, 1.54) is 18.5 Å². The summed E-state index contributed by atoms with van der Waals surface area (Å²) in [6.07, 6.45) is 3.76. The predicted molar refractivity (Wildman–Crippen MR) is 128 cm³/mol. The normalized spacial score (nSPS) is 13.1. The molecule has 0 amide bonds. The molecule has 4 aromatic rings. The zero-order chi connectivity index (χ0) is 25.4. The van der Waals surface area contributed by atoms with Gasteiger partial charge in [0.25, 0.3) is 0 Å². The number of nitrogens with one attached hydrogen (secondary N) is 1. The Morgan fingerprint density at radius 3 is 2.53 bits per heavy atom. The average Bonchev–Trinajstić information content (AvgIpc) is 3.56. The first kappa shape index (κ1) is 23.4. The van der Waals surface area contributed by atoms with Crippen LogP contribution >= 0.6 is 0 Å². The number of aromatic nitrogens is 6. The van der Waals surface area contributed by atoms with Gasteiger partial charge in [-0.2, -0.15) is 24.2 Å². The number of hydrogen-bond acceptors (Lipinski definition) is 7. The SMILES string of the molecule is Cc1nn(-c2cc(Nc3c(C)c(-c4ccc(OC(F)F)cc4)nn3CC3CC3)ncn2)c(C)c1C#N. The molecule has 3 aromatic heterocycles. The summed E-state index contributed by atoms with van der Waals surface area (Å²) in [5, 5.41) is 22.1. The second kappa shape index (κ2) is 9.37. The summed E-state index contributed by atoms with van der Waals surface area (Å²) in [4.78, 5) is 8.72. The quantitative estimate of drug-likeness (QED) is 0.367. The van der Waals surface area contributed by atoms with Crippen LogP contribution in [0.1, 0.15) is 35.4 Å². The van der Waals surface area contributed by atoms with Gasteiger partial charge >= 0.3 is 6.61 Å². The molecule has 11 heteroatoms. The van der Waals surface area contributed by atoms with Crippen molar-refractivity contribution in [3.05, 3.63) is 59.2 Å². The lowest BCUT2D eigenvalue weighted by atomic mass is 10.1. The van der Waals surface area contributed by atoms with Crippen molar-refractivity contribution in [1.82, 2.24) is 29.5 Å². The zero-order valence-corrected chi connectivity index (χ0v) is 20.0. The van der Waals surface area contributed by atoms with E-state index in [2.05, 4.69) is 31.2 Å². The lowest BCUT2D eigenvalue weighted by Crippen LogP contribution is -2.09. The maximum atomic E-state index is 12.5. The summed E-state index contributed by atoms with van der Waals surface area (Å²) in [6.45, 7) is 3.46. The predicted octanol–water partition coefficient (Wildman–Crippen LogP) is 5.08. The second-order valence-corrected chi connectivity index (χ2v) is 8.81. The Bertz CT molecular complexity index is 1450. The fraction of sp³-hybridized carbons (Fsp3) is 0.320. The molecule has 1 aliphatic rings. The summed E-state index contributed by atoms with van der Waals surface area (Å²) >= 11 is 0. The highest BCUT2D eigenvalue weighted by atomic mass is 19.3. The van der Waals surface area contributed by atoms with E-state index in [0.29, 0.717) is 34.5 Å². The van der Waals surface area contributed by atoms with Gasteiger partial charge in [0.2, 0.25) is 0 Å². The minimum absolute atomic E-state index is 0.0967. The Morgan fingerprint density at radius 2 is 1.89 bits per heavy atom. The number of benzene rings is 1. The highest BCUT2D eigenvalue weighted by molar-refractivity contribution is 5.72. The molecule has 0 bridgehead atoms. The lowest BCUT2D eigenvalue weighted by Gasteiger charge is -2.11. The van der Waals surface area contributed by atoms with Crippen molar-refractivity contribution >= 4 is 11.6 Å². The largest absolute Gasteiger partial charge is 0.435 e. The Morgan fingerprint density at radius 1 is 1.14 bits per heavy atom. The third-order valence-corrected chi connectivity index (χ3v) is 6.19. The van der Waals surface area contributed by atoms with Crippen molar-refractivity contribution < 1.29 is 13.5 Å². The third kappa shape index (κ3) is 4.62. The zero-order valence-electron chi connectivity index (χ0n) is 20.0. The average molecular weight is 491 g/mol. The number of nitrogens with zero attached hydrogens (tertiary/aromatic N) is 7. The van der Waals surface area contributed by atoms with Crippen molar-refractivity contribution in [2.45, 2.75) is 46.8 Å². The Hall–Kier alpha value is -4.33. The summed E-state index contributed by atoms with van der Waals surface area (Å²) in [5.41, 5.74) is 4.30. The van der Waals surface area contributed by atoms with Crippen LogP contribution in [0.25, 0.3) is 17.1 Å². The van der Waals surface area contributed by atoms with Crippen LogP contribution in [0.5, 0.6) is 5.75 Å². The molecule has 0 spiro atoms. The number of aryl methyl sites for hydroxylation is 1. The molecule has 0 aliphatic heterocycles. The van der Waals surface area contributed by atoms with Gasteiger partial charge in [-0.1, -0.05) is 0 Å². The first-order chi connectivity index (χ1) is 17.3. The molecule has 3 heterocycles. The molecule has 36 heavy (non-hydrogen) atoms. The summed E-state index contributed by atoms with van der Waals surface area (Å²) in [6, 6.07) is 10.4. The Balaban J connectivity index is 1.48. The number of ether oxygens (including phenoxy) is 1. The van der Waals surface area contributed by atoms with Gasteiger partial charge < -0.3 is 10.1 Å². The molecule has 5 rings (SSSR count). The first-order valence-corrected chi connectivity index (χ1v) is 11.5. The van der Waals surface area contributed by atoms with Crippen LogP contribution in [-0.2, 0) is 6.54 Å². The number of nitriles is 1. The molecule has 1 saturated carbocycles. The van der Waals surface area contributed by atoms with Crippen LogP contribution in [0.15, 0.2) is 36.7 Å². The van der Waals surface area contributed by atoms with E-state index in [0.717, 1.165) is 42.0 Å². The first-order valence-electron chi connectivity index (χ1n) is 11.5. The minimum Gasteiger partial charge on any atom is -0.435 e. The highest BCUT2D eigenvalue weighted by Crippen LogP contribution is 2.36. The number of anilines is 2. The van der Waals surface area contributed by atoms with Crippen LogP contribution in [0.4, 0.5) is 20.4 Å². The van der Waals surface area contributed by atoms with Gasteiger partial charge in [0.1, 0.15) is 29.8 Å². The second-order valence-electron chi connectivity index (χ2n) is 8.81. The van der Waals surface area contributed by atoms with E-state index in [1.54, 1.807) is 29.8 Å². The van der Waals surface area contributed by atoms with Gasteiger partial charge in [-0.15, -0.1) is 0 Å². The van der Waals surface area contributed by atoms with E-state index in [-0.39, 0.29) is 5.75 Å². The van der Waals surface area contributed by atoms with Gasteiger partial charge in [-0.25, -0.2) is 19.3 Å². The van der Waals surface area contributed by atoms with Crippen LogP contribution in [0.2, 0.25) is 0 Å². The van der Waals surface area contributed by atoms with E-state index in [4.69, 9.17) is 5.10 Å². The standard InChI is InChI=1S/C25H24F2N8O/c1-14-23(18-6-8-19(9-7-18)36-25(26)27)33-34(12-17-4-5-17)24(14)31-21-10-22(30-13-29-21)35-16(3)20(11-28)15(2)32-35/h6-10,13,17,25H,4-5,12H2,1-3H3,(H,29,30,31). The molecule has 1 aliphatic carbocycles. The molecular weight excluding hydrogens is 466 g/mol. The van der Waals surface area contributed by atoms with E-state index < -0.39 is 6.61 Å². The molecule has 0 unspecified atom stereocenters. The van der Waals surface area contributed by atoms with Gasteiger partial charge in [0, 0.05) is 23.7 Å². The molecule has 0 radical (unpaired) electrons. The molecule has 0 saturated heterocycles. The molecule has 1 aromatic carbocycles.